The first kappa shape index (κ1) is 21.4. The molecule has 0 fully saturated rings. The van der Waals surface area contributed by atoms with Crippen molar-refractivity contribution in [3.8, 4) is 5.75 Å². The van der Waals surface area contributed by atoms with E-state index >= 15 is 0 Å². The van der Waals surface area contributed by atoms with Crippen LogP contribution in [0.5, 0.6) is 5.75 Å². The molecule has 0 aromatic heterocycles. The van der Waals surface area contributed by atoms with Gasteiger partial charge in [0, 0.05) is 0 Å². The minimum Gasteiger partial charge on any atom is -0.453 e. The van der Waals surface area contributed by atoms with Gasteiger partial charge in [0.05, 0.1) is 6.54 Å². The lowest BCUT2D eigenvalue weighted by Crippen LogP contribution is -2.25. The first-order chi connectivity index (χ1) is 10.4. The average Bonchev–Trinajstić information content (AvgIpc) is 2.45. The van der Waals surface area contributed by atoms with Gasteiger partial charge in [-0.1, -0.05) is 45.9 Å². The van der Waals surface area contributed by atoms with Crippen LogP contribution in [0.2, 0.25) is 0 Å². The van der Waals surface area contributed by atoms with Gasteiger partial charge in [0.15, 0.2) is 6.61 Å². The quantitative estimate of drug-likeness (QED) is 0.609. The van der Waals surface area contributed by atoms with E-state index in [2.05, 4.69) is 5.32 Å². The van der Waals surface area contributed by atoms with Crippen molar-refractivity contribution in [1.82, 2.24) is 5.32 Å². The summed E-state index contributed by atoms with van der Waals surface area (Å²) in [6, 6.07) is 5.87. The number of nitrogens with one attached hydrogen (secondary N) is 1. The third-order valence-corrected chi connectivity index (χ3v) is 3.21. The van der Waals surface area contributed by atoms with Crippen molar-refractivity contribution in [3.05, 3.63) is 29.3 Å². The van der Waals surface area contributed by atoms with Crippen molar-refractivity contribution in [2.45, 2.75) is 39.5 Å². The second-order valence-electron chi connectivity index (χ2n) is 5.74. The van der Waals surface area contributed by atoms with Gasteiger partial charge in [-0.15, -0.1) is 12.4 Å². The first-order valence-electron chi connectivity index (χ1n) is 7.50. The molecule has 0 atom stereocenters. The van der Waals surface area contributed by atoms with Gasteiger partial charge < -0.3 is 14.8 Å². The molecule has 23 heavy (non-hydrogen) atoms. The molecule has 0 aliphatic rings. The Morgan fingerprint density at radius 1 is 1.04 bits per heavy atom. The zero-order valence-electron chi connectivity index (χ0n) is 14.3. The summed E-state index contributed by atoms with van der Waals surface area (Å²) in [6.45, 7) is 7.86. The van der Waals surface area contributed by atoms with E-state index in [0.717, 1.165) is 11.1 Å². The van der Waals surface area contributed by atoms with Crippen molar-refractivity contribution in [2.24, 2.45) is 0 Å². The van der Waals surface area contributed by atoms with E-state index in [-0.39, 0.29) is 37.4 Å². The van der Waals surface area contributed by atoms with Crippen LogP contribution >= 0.6 is 12.4 Å². The topological polar surface area (TPSA) is 64.6 Å². The van der Waals surface area contributed by atoms with E-state index in [1.165, 1.54) is 0 Å². The number of para-hydroxylation sites is 1. The normalized spacial score (nSPS) is 10.4. The highest BCUT2D eigenvalue weighted by atomic mass is 35.5. The molecule has 1 aromatic carbocycles. The van der Waals surface area contributed by atoms with Crippen LogP contribution < -0.4 is 10.1 Å². The van der Waals surface area contributed by atoms with Crippen molar-refractivity contribution in [3.63, 3.8) is 0 Å². The Labute approximate surface area is 144 Å². The van der Waals surface area contributed by atoms with Gasteiger partial charge in [-0.2, -0.15) is 0 Å². The van der Waals surface area contributed by atoms with Crippen LogP contribution in [0.4, 0.5) is 0 Å². The number of rotatable bonds is 7. The molecule has 0 saturated heterocycles. The number of benzene rings is 1. The number of carbonyl (C=O) groups is 2. The van der Waals surface area contributed by atoms with Crippen molar-refractivity contribution < 1.29 is 19.1 Å². The standard InChI is InChI=1S/C17H25NO4.ClH/c1-11(2)13-7-6-8-14(12(3)4)17(13)22-16(20)10-21-15(19)9-18-5;/h6-8,11-12,18H,9-10H2,1-5H3;1H. The molecule has 1 rings (SSSR count). The zero-order valence-corrected chi connectivity index (χ0v) is 15.2. The number of carbonyl (C=O) groups excluding carboxylic acids is 2. The highest BCUT2D eigenvalue weighted by molar-refractivity contribution is 5.85. The summed E-state index contributed by atoms with van der Waals surface area (Å²) in [5.74, 6) is -0.0102. The molecular weight excluding hydrogens is 318 g/mol. The van der Waals surface area contributed by atoms with Crippen molar-refractivity contribution >= 4 is 24.3 Å². The molecule has 0 amide bonds. The van der Waals surface area contributed by atoms with Gasteiger partial charge in [-0.25, -0.2) is 4.79 Å². The fourth-order valence-electron chi connectivity index (χ4n) is 2.08. The maximum absolute atomic E-state index is 12.0. The van der Waals surface area contributed by atoms with Crippen LogP contribution in [0.25, 0.3) is 0 Å². The van der Waals surface area contributed by atoms with E-state index in [4.69, 9.17) is 9.47 Å². The molecule has 1 N–H and O–H groups in total. The van der Waals surface area contributed by atoms with Gasteiger partial charge in [-0.05, 0) is 30.0 Å². The Kier molecular flexibility index (Phi) is 9.53. The van der Waals surface area contributed by atoms with E-state index < -0.39 is 11.9 Å². The largest absolute Gasteiger partial charge is 0.453 e. The van der Waals surface area contributed by atoms with Crippen LogP contribution in [0, 0.1) is 0 Å². The molecule has 0 aliphatic heterocycles. The Bertz CT molecular complexity index is 503. The second-order valence-corrected chi connectivity index (χ2v) is 5.74. The summed E-state index contributed by atoms with van der Waals surface area (Å²) in [5, 5.41) is 2.66. The van der Waals surface area contributed by atoms with Gasteiger partial charge in [0.25, 0.3) is 0 Å². The Morgan fingerprint density at radius 2 is 1.57 bits per heavy atom. The van der Waals surface area contributed by atoms with Crippen LogP contribution in [0.1, 0.15) is 50.7 Å². The van der Waals surface area contributed by atoms with Crippen molar-refractivity contribution in [2.75, 3.05) is 20.2 Å². The number of hydrogen-bond donors (Lipinski definition) is 1. The maximum atomic E-state index is 12.0. The lowest BCUT2D eigenvalue weighted by atomic mass is 9.94. The van der Waals surface area contributed by atoms with E-state index in [1.54, 1.807) is 7.05 Å². The first-order valence-corrected chi connectivity index (χ1v) is 7.50. The molecule has 0 unspecified atom stereocenters. The zero-order chi connectivity index (χ0) is 16.7. The Hall–Kier alpha value is -1.59. The highest BCUT2D eigenvalue weighted by Gasteiger charge is 2.18. The fourth-order valence-corrected chi connectivity index (χ4v) is 2.08. The molecule has 6 heteroatoms. The minimum atomic E-state index is -0.570. The van der Waals surface area contributed by atoms with Crippen LogP contribution in [0.15, 0.2) is 18.2 Å². The average molecular weight is 344 g/mol. The molecule has 130 valence electrons. The van der Waals surface area contributed by atoms with E-state index in [1.807, 2.05) is 45.9 Å². The molecule has 1 aromatic rings. The summed E-state index contributed by atoms with van der Waals surface area (Å²) in [5.41, 5.74) is 1.95. The highest BCUT2D eigenvalue weighted by Crippen LogP contribution is 2.34. The molecule has 0 saturated carbocycles. The van der Waals surface area contributed by atoms with Gasteiger partial charge >= 0.3 is 11.9 Å². The lowest BCUT2D eigenvalue weighted by Gasteiger charge is -2.18. The van der Waals surface area contributed by atoms with Gasteiger partial charge in [0.1, 0.15) is 5.75 Å². The maximum Gasteiger partial charge on any atom is 0.349 e. The molecule has 0 aliphatic carbocycles. The molecule has 0 spiro atoms. The lowest BCUT2D eigenvalue weighted by molar-refractivity contribution is -0.152. The third-order valence-electron chi connectivity index (χ3n) is 3.21. The fraction of sp³-hybridized carbons (Fsp3) is 0.529. The molecule has 0 heterocycles. The summed E-state index contributed by atoms with van der Waals surface area (Å²) in [4.78, 5) is 23.2. The molecule has 5 nitrogen and oxygen atoms in total. The van der Waals surface area contributed by atoms with Crippen LogP contribution in [0.3, 0.4) is 0 Å². The van der Waals surface area contributed by atoms with Crippen LogP contribution in [-0.2, 0) is 14.3 Å². The number of likely N-dealkylation sites (N-methyl/N-ethyl adjacent to an activating group) is 1. The van der Waals surface area contributed by atoms with E-state index in [9.17, 15) is 9.59 Å². The Morgan fingerprint density at radius 3 is 2.00 bits per heavy atom. The molecular formula is C17H26ClNO4. The number of halogens is 1. The summed E-state index contributed by atoms with van der Waals surface area (Å²) >= 11 is 0. The predicted molar refractivity (Wildman–Crippen MR) is 92.4 cm³/mol. The number of esters is 2. The van der Waals surface area contributed by atoms with Gasteiger partial charge in [0.2, 0.25) is 0 Å². The smallest absolute Gasteiger partial charge is 0.349 e. The summed E-state index contributed by atoms with van der Waals surface area (Å²) in [6.07, 6.45) is 0. The molecule has 0 radical (unpaired) electrons. The Balaban J connectivity index is 0.00000484. The SMILES string of the molecule is CNCC(=O)OCC(=O)Oc1c(C(C)C)cccc1C(C)C.Cl. The monoisotopic (exact) mass is 343 g/mol. The third kappa shape index (κ3) is 6.59. The summed E-state index contributed by atoms with van der Waals surface area (Å²) in [7, 11) is 1.63. The molecule has 0 bridgehead atoms. The number of ether oxygens (including phenoxy) is 2. The minimum absolute atomic E-state index is 0. The number of hydrogen-bond acceptors (Lipinski definition) is 5. The summed E-state index contributed by atoms with van der Waals surface area (Å²) < 4.78 is 10.3. The van der Waals surface area contributed by atoms with Crippen molar-refractivity contribution in [1.29, 1.82) is 0 Å². The second kappa shape index (κ2) is 10.2. The van der Waals surface area contributed by atoms with E-state index in [0.29, 0.717) is 5.75 Å². The van der Waals surface area contributed by atoms with Crippen LogP contribution in [-0.4, -0.2) is 32.1 Å². The van der Waals surface area contributed by atoms with Gasteiger partial charge in [-0.3, -0.25) is 4.79 Å². The predicted octanol–water partition coefficient (Wildman–Crippen LogP) is 3.02.